The number of benzene rings is 1. The van der Waals surface area contributed by atoms with Crippen molar-refractivity contribution in [3.05, 3.63) is 29.8 Å². The summed E-state index contributed by atoms with van der Waals surface area (Å²) in [5.41, 5.74) is -0.304. The van der Waals surface area contributed by atoms with E-state index >= 15 is 0 Å². The largest absolute Gasteiger partial charge is 0.494 e. The van der Waals surface area contributed by atoms with Gasteiger partial charge in [0.1, 0.15) is 11.3 Å². The standard InChI is InChI=1S/C20H29N3O4/c1-15(2)8-11-27-17-6-4-16(5-7-17)20(3)18(24)23(19(25)21-20)14-22-9-12-26-13-10-22/h4-7,15H,8-14H2,1-3H3,(H,21,25)/t20-/m0/s1. The number of amides is 3. The minimum Gasteiger partial charge on any atom is -0.494 e. The molecule has 0 bridgehead atoms. The number of carbonyl (C=O) groups excluding carboxylic acids is 2. The molecule has 2 saturated heterocycles. The fourth-order valence-electron chi connectivity index (χ4n) is 3.26. The first-order valence-corrected chi connectivity index (χ1v) is 9.57. The number of imide groups is 1. The van der Waals surface area contributed by atoms with E-state index in [9.17, 15) is 9.59 Å². The molecule has 148 valence electrons. The molecule has 0 radical (unpaired) electrons. The topological polar surface area (TPSA) is 71.1 Å². The average Bonchev–Trinajstić information content (AvgIpc) is 2.87. The summed E-state index contributed by atoms with van der Waals surface area (Å²) in [7, 11) is 0. The van der Waals surface area contributed by atoms with Crippen molar-refractivity contribution in [2.75, 3.05) is 39.6 Å². The summed E-state index contributed by atoms with van der Waals surface area (Å²) in [6, 6.07) is 7.05. The van der Waals surface area contributed by atoms with Gasteiger partial charge in [0, 0.05) is 13.1 Å². The zero-order chi connectivity index (χ0) is 19.4. The lowest BCUT2D eigenvalue weighted by Crippen LogP contribution is -2.47. The van der Waals surface area contributed by atoms with Crippen LogP contribution < -0.4 is 10.1 Å². The normalized spacial score (nSPS) is 23.8. The van der Waals surface area contributed by atoms with Crippen molar-refractivity contribution in [3.8, 4) is 5.75 Å². The van der Waals surface area contributed by atoms with Crippen LogP contribution in [0, 0.1) is 5.92 Å². The molecular formula is C20H29N3O4. The van der Waals surface area contributed by atoms with Crippen LogP contribution in [0.5, 0.6) is 5.75 Å². The van der Waals surface area contributed by atoms with Crippen molar-refractivity contribution < 1.29 is 19.1 Å². The lowest BCUT2D eigenvalue weighted by Gasteiger charge is -2.30. The smallest absolute Gasteiger partial charge is 0.326 e. The Hall–Kier alpha value is -2.12. The van der Waals surface area contributed by atoms with E-state index in [4.69, 9.17) is 9.47 Å². The van der Waals surface area contributed by atoms with E-state index in [-0.39, 0.29) is 11.9 Å². The van der Waals surface area contributed by atoms with Crippen molar-refractivity contribution in [2.45, 2.75) is 32.7 Å². The third-order valence-corrected chi connectivity index (χ3v) is 5.12. The lowest BCUT2D eigenvalue weighted by molar-refractivity contribution is -0.133. The zero-order valence-corrected chi connectivity index (χ0v) is 16.4. The van der Waals surface area contributed by atoms with Crippen molar-refractivity contribution in [2.24, 2.45) is 5.92 Å². The molecule has 0 aliphatic carbocycles. The zero-order valence-electron chi connectivity index (χ0n) is 16.4. The highest BCUT2D eigenvalue weighted by atomic mass is 16.5. The highest BCUT2D eigenvalue weighted by Crippen LogP contribution is 2.30. The summed E-state index contributed by atoms with van der Waals surface area (Å²) in [5, 5.41) is 2.85. The molecule has 0 saturated carbocycles. The van der Waals surface area contributed by atoms with Crippen molar-refractivity contribution in [1.29, 1.82) is 0 Å². The first-order valence-electron chi connectivity index (χ1n) is 9.57. The molecule has 1 aromatic carbocycles. The van der Waals surface area contributed by atoms with E-state index in [1.54, 1.807) is 6.92 Å². The number of hydrogen-bond acceptors (Lipinski definition) is 5. The van der Waals surface area contributed by atoms with Gasteiger partial charge in [-0.1, -0.05) is 26.0 Å². The number of nitrogens with zero attached hydrogens (tertiary/aromatic N) is 2. The summed E-state index contributed by atoms with van der Waals surface area (Å²) >= 11 is 0. The Balaban J connectivity index is 1.66. The van der Waals surface area contributed by atoms with Crippen molar-refractivity contribution in [3.63, 3.8) is 0 Å². The summed E-state index contributed by atoms with van der Waals surface area (Å²) in [5.74, 6) is 1.13. The molecular weight excluding hydrogens is 346 g/mol. The van der Waals surface area contributed by atoms with Gasteiger partial charge in [-0.15, -0.1) is 0 Å². The second-order valence-corrected chi connectivity index (χ2v) is 7.72. The molecule has 0 spiro atoms. The molecule has 2 heterocycles. The number of hydrogen-bond donors (Lipinski definition) is 1. The van der Waals surface area contributed by atoms with Gasteiger partial charge in [0.25, 0.3) is 5.91 Å². The molecule has 7 heteroatoms. The highest BCUT2D eigenvalue weighted by molar-refractivity contribution is 6.07. The highest BCUT2D eigenvalue weighted by Gasteiger charge is 2.49. The van der Waals surface area contributed by atoms with Crippen LogP contribution >= 0.6 is 0 Å². The number of urea groups is 1. The quantitative estimate of drug-likeness (QED) is 0.740. The van der Waals surface area contributed by atoms with Gasteiger partial charge in [-0.25, -0.2) is 9.69 Å². The Morgan fingerprint density at radius 3 is 2.48 bits per heavy atom. The van der Waals surface area contributed by atoms with Gasteiger partial charge in [-0.3, -0.25) is 9.69 Å². The Bertz CT molecular complexity index is 670. The van der Waals surface area contributed by atoms with Gasteiger partial charge >= 0.3 is 6.03 Å². The monoisotopic (exact) mass is 375 g/mol. The molecule has 1 N–H and O–H groups in total. The van der Waals surface area contributed by atoms with Gasteiger partial charge in [0.2, 0.25) is 0 Å². The van der Waals surface area contributed by atoms with Crippen LogP contribution in [0.15, 0.2) is 24.3 Å². The third-order valence-electron chi connectivity index (χ3n) is 5.12. The van der Waals surface area contributed by atoms with E-state index in [1.807, 2.05) is 24.3 Å². The summed E-state index contributed by atoms with van der Waals surface area (Å²) in [6.07, 6.45) is 0.991. The molecule has 3 rings (SSSR count). The van der Waals surface area contributed by atoms with Crippen LogP contribution in [0.2, 0.25) is 0 Å². The Labute approximate surface area is 160 Å². The predicted molar refractivity (Wildman–Crippen MR) is 101 cm³/mol. The number of ether oxygens (including phenoxy) is 2. The molecule has 2 aliphatic heterocycles. The Kier molecular flexibility index (Phi) is 6.01. The van der Waals surface area contributed by atoms with E-state index in [2.05, 4.69) is 24.1 Å². The molecule has 1 atom stereocenters. The summed E-state index contributed by atoms with van der Waals surface area (Å²) < 4.78 is 11.1. The number of rotatable bonds is 7. The first-order chi connectivity index (χ1) is 12.9. The van der Waals surface area contributed by atoms with Crippen LogP contribution in [0.4, 0.5) is 4.79 Å². The van der Waals surface area contributed by atoms with Gasteiger partial charge in [-0.05, 0) is 37.0 Å². The SMILES string of the molecule is CC(C)CCOc1ccc([C@]2(C)NC(=O)N(CN3CCOCC3)C2=O)cc1. The fourth-order valence-corrected chi connectivity index (χ4v) is 3.26. The van der Waals surface area contributed by atoms with Gasteiger partial charge < -0.3 is 14.8 Å². The number of carbonyl (C=O) groups is 2. The van der Waals surface area contributed by atoms with E-state index in [1.165, 1.54) is 4.90 Å². The third kappa shape index (κ3) is 4.42. The lowest BCUT2D eigenvalue weighted by atomic mass is 9.92. The molecule has 2 fully saturated rings. The summed E-state index contributed by atoms with van der Waals surface area (Å²) in [4.78, 5) is 28.8. The van der Waals surface area contributed by atoms with E-state index in [0.717, 1.165) is 30.8 Å². The van der Waals surface area contributed by atoms with Crippen molar-refractivity contribution in [1.82, 2.24) is 15.1 Å². The maximum Gasteiger partial charge on any atom is 0.326 e. The van der Waals surface area contributed by atoms with Crippen LogP contribution in [0.1, 0.15) is 32.8 Å². The maximum absolute atomic E-state index is 13.0. The molecule has 0 unspecified atom stereocenters. The molecule has 1 aromatic rings. The van der Waals surface area contributed by atoms with Gasteiger partial charge in [0.15, 0.2) is 0 Å². The van der Waals surface area contributed by atoms with Crippen LogP contribution in [0.25, 0.3) is 0 Å². The minimum absolute atomic E-state index is 0.229. The molecule has 3 amide bonds. The second kappa shape index (κ2) is 8.27. The fraction of sp³-hybridized carbons (Fsp3) is 0.600. The van der Waals surface area contributed by atoms with Crippen LogP contribution in [-0.4, -0.2) is 61.3 Å². The molecule has 27 heavy (non-hydrogen) atoms. The van der Waals surface area contributed by atoms with Crippen molar-refractivity contribution >= 4 is 11.9 Å². The second-order valence-electron chi connectivity index (χ2n) is 7.72. The van der Waals surface area contributed by atoms with Crippen LogP contribution in [-0.2, 0) is 15.1 Å². The molecule has 0 aromatic heterocycles. The molecule has 7 nitrogen and oxygen atoms in total. The maximum atomic E-state index is 13.0. The Morgan fingerprint density at radius 1 is 1.19 bits per heavy atom. The minimum atomic E-state index is -1.06. The summed E-state index contributed by atoms with van der Waals surface area (Å²) in [6.45, 7) is 9.71. The number of nitrogens with one attached hydrogen (secondary N) is 1. The Morgan fingerprint density at radius 2 is 1.85 bits per heavy atom. The van der Waals surface area contributed by atoms with E-state index < -0.39 is 5.54 Å². The number of morpholine rings is 1. The van der Waals surface area contributed by atoms with E-state index in [0.29, 0.717) is 32.4 Å². The van der Waals surface area contributed by atoms with Crippen LogP contribution in [0.3, 0.4) is 0 Å². The predicted octanol–water partition coefficient (Wildman–Crippen LogP) is 2.17. The van der Waals surface area contributed by atoms with Gasteiger partial charge in [-0.2, -0.15) is 0 Å². The van der Waals surface area contributed by atoms with Gasteiger partial charge in [0.05, 0.1) is 26.5 Å². The average molecular weight is 375 g/mol. The first kappa shape index (κ1) is 19.6. The molecule has 2 aliphatic rings.